The van der Waals surface area contributed by atoms with E-state index in [1.165, 1.54) is 30.3 Å². The van der Waals surface area contributed by atoms with Crippen molar-refractivity contribution in [2.75, 3.05) is 18.0 Å². The lowest BCUT2D eigenvalue weighted by atomic mass is 10.2. The van der Waals surface area contributed by atoms with Crippen LogP contribution in [0.1, 0.15) is 20.3 Å². The molecule has 0 aliphatic carbocycles. The van der Waals surface area contributed by atoms with Crippen LogP contribution in [0.15, 0.2) is 47.4 Å². The predicted octanol–water partition coefficient (Wildman–Crippen LogP) is 4.80. The Morgan fingerprint density at radius 3 is 2.25 bits per heavy atom. The molecule has 0 saturated carbocycles. The molecule has 0 aromatic heterocycles. The van der Waals surface area contributed by atoms with Gasteiger partial charge in [0.25, 0.3) is 0 Å². The van der Waals surface area contributed by atoms with Crippen molar-refractivity contribution in [3.63, 3.8) is 0 Å². The highest BCUT2D eigenvalue weighted by Crippen LogP contribution is 2.28. The number of amides is 2. The second-order valence-electron chi connectivity index (χ2n) is 6.52. The van der Waals surface area contributed by atoms with Gasteiger partial charge in [0.2, 0.25) is 0 Å². The van der Waals surface area contributed by atoms with Crippen LogP contribution in [0.4, 0.5) is 10.5 Å². The molecule has 0 radical (unpaired) electrons. The van der Waals surface area contributed by atoms with Gasteiger partial charge in [-0.05, 0) is 43.7 Å². The molecule has 2 aromatic rings. The predicted molar refractivity (Wildman–Crippen MR) is 110 cm³/mol. The Kier molecular flexibility index (Phi) is 6.07. The Bertz CT molecular complexity index is 960. The number of carbonyl (C=O) groups excluding carboxylic acids is 1. The van der Waals surface area contributed by atoms with Gasteiger partial charge in [-0.2, -0.15) is 8.42 Å². The van der Waals surface area contributed by atoms with Gasteiger partial charge in [0.15, 0.2) is 0 Å². The molecule has 1 aliphatic rings. The molecular weight excluding hydrogens is 423 g/mol. The van der Waals surface area contributed by atoms with E-state index in [0.717, 1.165) is 6.42 Å². The van der Waals surface area contributed by atoms with Crippen LogP contribution in [0.3, 0.4) is 0 Å². The summed E-state index contributed by atoms with van der Waals surface area (Å²) in [6, 6.07) is 10.3. The molecule has 0 N–H and O–H groups in total. The zero-order valence-corrected chi connectivity index (χ0v) is 17.8. The molecule has 6 nitrogen and oxygen atoms in total. The van der Waals surface area contributed by atoms with Crippen LogP contribution in [0.5, 0.6) is 5.75 Å². The van der Waals surface area contributed by atoms with Crippen LogP contribution in [-0.4, -0.2) is 38.5 Å². The Hall–Kier alpha value is -1.96. The van der Waals surface area contributed by atoms with Crippen molar-refractivity contribution in [3.8, 4) is 5.75 Å². The van der Waals surface area contributed by atoms with Gasteiger partial charge in [-0.15, -0.1) is 0 Å². The van der Waals surface area contributed by atoms with Crippen LogP contribution >= 0.6 is 23.2 Å². The number of hydrogen-bond acceptors (Lipinski definition) is 4. The van der Waals surface area contributed by atoms with Crippen LogP contribution in [0.25, 0.3) is 0 Å². The minimum Gasteiger partial charge on any atom is -0.379 e. The minimum atomic E-state index is -4.06. The summed E-state index contributed by atoms with van der Waals surface area (Å²) in [7, 11) is -4.06. The first-order valence-corrected chi connectivity index (χ1v) is 11.0. The first-order valence-electron chi connectivity index (χ1n) is 8.80. The fraction of sp³-hybridized carbons (Fsp3) is 0.316. The van der Waals surface area contributed by atoms with Gasteiger partial charge < -0.3 is 9.08 Å². The third-order valence-electron chi connectivity index (χ3n) is 4.64. The minimum absolute atomic E-state index is 0.0282. The zero-order valence-electron chi connectivity index (χ0n) is 15.4. The number of benzene rings is 2. The average Bonchev–Trinajstić information content (AvgIpc) is 3.01. The number of carbonyl (C=O) groups is 1. The van der Waals surface area contributed by atoms with Crippen molar-refractivity contribution in [2.45, 2.75) is 31.2 Å². The quantitative estimate of drug-likeness (QED) is 0.602. The summed E-state index contributed by atoms with van der Waals surface area (Å²) in [6.07, 6.45) is 0.877. The van der Waals surface area contributed by atoms with Crippen molar-refractivity contribution >= 4 is 45.0 Å². The van der Waals surface area contributed by atoms with Gasteiger partial charge in [-0.1, -0.05) is 30.1 Å². The van der Waals surface area contributed by atoms with E-state index < -0.39 is 10.1 Å². The molecule has 1 heterocycles. The smallest absolute Gasteiger partial charge is 0.339 e. The van der Waals surface area contributed by atoms with Gasteiger partial charge in [0.05, 0.1) is 0 Å². The fourth-order valence-electron chi connectivity index (χ4n) is 2.97. The highest BCUT2D eigenvalue weighted by atomic mass is 35.5. The first kappa shape index (κ1) is 20.8. The Morgan fingerprint density at radius 1 is 1.07 bits per heavy atom. The fourth-order valence-corrected chi connectivity index (χ4v) is 4.39. The third kappa shape index (κ3) is 4.37. The van der Waals surface area contributed by atoms with Gasteiger partial charge in [0.1, 0.15) is 10.6 Å². The molecule has 9 heteroatoms. The summed E-state index contributed by atoms with van der Waals surface area (Å²) in [4.78, 5) is 16.0. The molecule has 1 unspecified atom stereocenters. The summed E-state index contributed by atoms with van der Waals surface area (Å²) >= 11 is 11.8. The Labute approximate surface area is 174 Å². The molecule has 3 rings (SSSR count). The molecule has 1 atom stereocenters. The van der Waals surface area contributed by atoms with E-state index in [2.05, 4.69) is 0 Å². The van der Waals surface area contributed by atoms with Crippen LogP contribution in [0, 0.1) is 0 Å². The topological polar surface area (TPSA) is 66.9 Å². The van der Waals surface area contributed by atoms with E-state index in [-0.39, 0.29) is 32.8 Å². The van der Waals surface area contributed by atoms with Crippen molar-refractivity contribution < 1.29 is 17.4 Å². The van der Waals surface area contributed by atoms with Crippen molar-refractivity contribution in [1.82, 2.24) is 4.90 Å². The number of halogens is 2. The standard InChI is InChI=1S/C19H20Cl2N2O4S/c1-3-13(2)22-8-9-23(19(22)24)16-4-6-18(7-5-16)28(25,26)27-17-11-14(20)10-15(21)12-17/h4-7,10-13H,3,8-9H2,1-2H3. The number of urea groups is 1. The molecule has 1 fully saturated rings. The lowest BCUT2D eigenvalue weighted by molar-refractivity contribution is 0.203. The Morgan fingerprint density at radius 2 is 1.68 bits per heavy atom. The summed E-state index contributed by atoms with van der Waals surface area (Å²) in [5.74, 6) is 0.0282. The van der Waals surface area contributed by atoms with Crippen molar-refractivity contribution in [1.29, 1.82) is 0 Å². The molecule has 1 saturated heterocycles. The molecule has 28 heavy (non-hydrogen) atoms. The summed E-state index contributed by atoms with van der Waals surface area (Å²) in [6.45, 7) is 5.25. The number of rotatable bonds is 6. The van der Waals surface area contributed by atoms with Crippen molar-refractivity contribution in [2.24, 2.45) is 0 Å². The van der Waals surface area contributed by atoms with E-state index in [0.29, 0.717) is 18.8 Å². The number of hydrogen-bond donors (Lipinski definition) is 0. The van der Waals surface area contributed by atoms with Gasteiger partial charge >= 0.3 is 16.1 Å². The van der Waals surface area contributed by atoms with Crippen LogP contribution in [0.2, 0.25) is 10.0 Å². The van der Waals surface area contributed by atoms with E-state index >= 15 is 0 Å². The van der Waals surface area contributed by atoms with Crippen LogP contribution < -0.4 is 9.08 Å². The molecule has 2 aromatic carbocycles. The first-order chi connectivity index (χ1) is 13.2. The maximum absolute atomic E-state index is 12.6. The Balaban J connectivity index is 1.77. The van der Waals surface area contributed by atoms with E-state index in [1.807, 2.05) is 18.7 Å². The average molecular weight is 443 g/mol. The highest BCUT2D eigenvalue weighted by Gasteiger charge is 2.32. The number of anilines is 1. The van der Waals surface area contributed by atoms with E-state index in [1.54, 1.807) is 17.0 Å². The van der Waals surface area contributed by atoms with Gasteiger partial charge in [-0.3, -0.25) is 4.90 Å². The molecule has 1 aliphatic heterocycles. The molecule has 0 bridgehead atoms. The molecular formula is C19H20Cl2N2O4S. The van der Waals surface area contributed by atoms with E-state index in [9.17, 15) is 13.2 Å². The molecule has 0 spiro atoms. The number of nitrogens with zero attached hydrogens (tertiary/aromatic N) is 2. The zero-order chi connectivity index (χ0) is 20.5. The SMILES string of the molecule is CCC(C)N1CCN(c2ccc(S(=O)(=O)Oc3cc(Cl)cc(Cl)c3)cc2)C1=O. The summed E-state index contributed by atoms with van der Waals surface area (Å²) in [5.41, 5.74) is 0.639. The highest BCUT2D eigenvalue weighted by molar-refractivity contribution is 7.87. The summed E-state index contributed by atoms with van der Waals surface area (Å²) < 4.78 is 30.1. The molecule has 150 valence electrons. The van der Waals surface area contributed by atoms with Crippen molar-refractivity contribution in [3.05, 3.63) is 52.5 Å². The van der Waals surface area contributed by atoms with E-state index in [4.69, 9.17) is 27.4 Å². The third-order valence-corrected chi connectivity index (χ3v) is 6.34. The monoisotopic (exact) mass is 442 g/mol. The second kappa shape index (κ2) is 8.19. The summed E-state index contributed by atoms with van der Waals surface area (Å²) in [5, 5.41) is 0.540. The lowest BCUT2D eigenvalue weighted by Crippen LogP contribution is -2.37. The maximum atomic E-state index is 12.6. The second-order valence-corrected chi connectivity index (χ2v) is 8.94. The van der Waals surface area contributed by atoms with Gasteiger partial charge in [0, 0.05) is 47.0 Å². The maximum Gasteiger partial charge on any atom is 0.339 e. The normalized spacial score (nSPS) is 15.8. The molecule has 2 amide bonds. The van der Waals surface area contributed by atoms with Gasteiger partial charge in [-0.25, -0.2) is 4.79 Å². The lowest BCUT2D eigenvalue weighted by Gasteiger charge is -2.23. The van der Waals surface area contributed by atoms with Crippen LogP contribution in [-0.2, 0) is 10.1 Å². The largest absolute Gasteiger partial charge is 0.379 e.